The molecule has 0 unspecified atom stereocenters. The normalized spacial score (nSPS) is 12.0. The fourth-order valence-electron chi connectivity index (χ4n) is 10.1. The van der Waals surface area contributed by atoms with Crippen LogP contribution in [0.3, 0.4) is 0 Å². The molecule has 0 bridgehead atoms. The summed E-state index contributed by atoms with van der Waals surface area (Å²) in [4.78, 5) is 58.9. The lowest BCUT2D eigenvalue weighted by Gasteiger charge is -2.24. The molecule has 4 rings (SSSR count). The van der Waals surface area contributed by atoms with E-state index >= 15 is 0 Å². The summed E-state index contributed by atoms with van der Waals surface area (Å²) in [6.07, 6.45) is -3.66. The third-order valence-corrected chi connectivity index (χ3v) is 13.8. The van der Waals surface area contributed by atoms with Gasteiger partial charge in [-0.3, -0.25) is 24.0 Å². The number of ether oxygens (including phenoxy) is 3. The van der Waals surface area contributed by atoms with Crippen molar-refractivity contribution in [1.82, 2.24) is 0 Å². The van der Waals surface area contributed by atoms with Crippen molar-refractivity contribution in [2.45, 2.75) is 282 Å². The number of esters is 3. The number of hydrogen-bond acceptors (Lipinski definition) is 9. The van der Waals surface area contributed by atoms with E-state index in [1.54, 1.807) is 0 Å². The van der Waals surface area contributed by atoms with Crippen molar-refractivity contribution in [1.29, 1.82) is 0 Å². The summed E-state index contributed by atoms with van der Waals surface area (Å²) in [7, 11) is 0. The molecule has 4 aromatic rings. The van der Waals surface area contributed by atoms with E-state index in [0.717, 1.165) is 61.9 Å². The van der Waals surface area contributed by atoms with E-state index in [2.05, 4.69) is 55.4 Å². The number of carboxylic acids is 1. The average Bonchev–Trinajstić information content (AvgIpc) is 3.34. The minimum absolute atomic E-state index is 0.0188. The zero-order valence-corrected chi connectivity index (χ0v) is 56.7. The highest BCUT2D eigenvalue weighted by Crippen LogP contribution is 2.37. The number of carbonyl (C=O) groups excluding carboxylic acids is 4. The first-order chi connectivity index (χ1) is 39.2. The van der Waals surface area contributed by atoms with Crippen molar-refractivity contribution >= 4 is 30.2 Å². The molecule has 0 heterocycles. The highest BCUT2D eigenvalue weighted by atomic mass is 19.3. The fraction of sp³-hybridized carbons (Fsp3) is 0.597. The fourth-order valence-corrected chi connectivity index (χ4v) is 10.1. The van der Waals surface area contributed by atoms with E-state index in [9.17, 15) is 46.6 Å². The van der Waals surface area contributed by atoms with Crippen LogP contribution in [0.25, 0.3) is 0 Å². The van der Waals surface area contributed by atoms with Gasteiger partial charge in [0.15, 0.2) is 0 Å². The number of rotatable bonds is 20. The van der Waals surface area contributed by atoms with Crippen molar-refractivity contribution < 1.29 is 66.0 Å². The van der Waals surface area contributed by atoms with Crippen LogP contribution in [0.1, 0.15) is 327 Å². The molecule has 0 spiro atoms. The first kappa shape index (κ1) is 78.1. The molecule has 10 nitrogen and oxygen atoms in total. The van der Waals surface area contributed by atoms with E-state index in [1.807, 2.05) is 142 Å². The first-order valence-corrected chi connectivity index (χ1v) is 30.4. The molecular formula is C72H106F4O10. The summed E-state index contributed by atoms with van der Waals surface area (Å²) in [6.45, 7) is 48.8. The van der Waals surface area contributed by atoms with Crippen molar-refractivity contribution in [3.05, 3.63) is 138 Å². The largest absolute Gasteiger partial charge is 0.481 e. The molecule has 0 fully saturated rings. The smallest absolute Gasteiger partial charge is 0.310 e. The third-order valence-electron chi connectivity index (χ3n) is 13.8. The van der Waals surface area contributed by atoms with Crippen molar-refractivity contribution in [2.75, 3.05) is 0 Å². The number of hydrogen-bond donors (Lipinski definition) is 2. The molecule has 0 atom stereocenters. The predicted octanol–water partition coefficient (Wildman–Crippen LogP) is 19.2. The molecule has 86 heavy (non-hydrogen) atoms. The highest BCUT2D eigenvalue weighted by Gasteiger charge is 2.27. The van der Waals surface area contributed by atoms with E-state index < -0.39 is 35.6 Å². The number of aliphatic carboxylic acids is 1. The van der Waals surface area contributed by atoms with Crippen molar-refractivity contribution in [2.24, 2.45) is 0 Å². The number of benzene rings is 4. The first-order valence-electron chi connectivity index (χ1n) is 30.4. The van der Waals surface area contributed by atoms with Gasteiger partial charge in [-0.25, -0.2) is 17.6 Å². The molecule has 14 heteroatoms. The summed E-state index contributed by atoms with van der Waals surface area (Å²) in [5, 5.41) is 18.5. The minimum Gasteiger partial charge on any atom is -0.481 e. The maximum atomic E-state index is 13.2. The summed E-state index contributed by atoms with van der Waals surface area (Å²) in [6, 6.07) is 13.7. The van der Waals surface area contributed by atoms with Crippen molar-refractivity contribution in [3.63, 3.8) is 0 Å². The van der Waals surface area contributed by atoms with Crippen LogP contribution in [-0.2, 0) is 65.7 Å². The number of halogens is 4. The predicted molar refractivity (Wildman–Crippen MR) is 340 cm³/mol. The molecule has 0 amide bonds. The Morgan fingerprint density at radius 1 is 0.395 bits per heavy atom. The molecule has 0 aliphatic heterocycles. The molecule has 482 valence electrons. The average molecular weight is 1210 g/mol. The van der Waals surface area contributed by atoms with Gasteiger partial charge in [0.1, 0.15) is 23.1 Å². The second-order valence-electron chi connectivity index (χ2n) is 27.8. The van der Waals surface area contributed by atoms with Crippen LogP contribution in [0, 0.1) is 0 Å². The zero-order chi connectivity index (χ0) is 66.8. The maximum Gasteiger partial charge on any atom is 0.310 e. The number of aliphatic hydroxyl groups is 1. The molecule has 0 saturated heterocycles. The lowest BCUT2D eigenvalue weighted by molar-refractivity contribution is -0.155. The van der Waals surface area contributed by atoms with Gasteiger partial charge in [0, 0.05) is 16.7 Å². The highest BCUT2D eigenvalue weighted by molar-refractivity contribution is 5.79. The second kappa shape index (κ2) is 34.0. The Morgan fingerprint density at radius 3 is 0.779 bits per heavy atom. The van der Waals surface area contributed by atoms with Crippen LogP contribution in [0.4, 0.5) is 17.6 Å². The topological polar surface area (TPSA) is 153 Å². The maximum absolute atomic E-state index is 13.2. The SMILES string of the molecule is CC(C)c1cc(C(F)F)cc(C(C)C)c1CC(=O)O.CC(C)c1cc(C(F)F)cc(C(C)C)c1CC(=O)OC(C)(C)C.CC(C)c1cc(C=O)cc(C(C)C)c1CC(=O)OC(C)(C)C.CC(C)c1cc(CO)cc(C(C)C)c1CC(=O)OC(C)(C)C. The molecule has 0 aliphatic rings. The standard InChI is InChI=1S/C19H28F2O2.C19H30O3.C19H28O3.C15H20F2O2/c1-11(2)14-8-13(18(20)21)9-15(12(3)4)16(14)10-17(22)23-19(5,6)7;2*1-12(2)15-8-14(11-20)9-16(13(3)4)17(15)10-18(21)22-19(5,6)7;1-8(2)11-5-10(15(16)17)6-12(9(3)4)13(11)7-14(18)19/h8-9,11-12,18H,10H2,1-7H3;8-9,12-13,20H,10-11H2,1-7H3;8-9,11-13H,10H2,1-7H3;5-6,8-9,15H,7H2,1-4H3,(H,18,19). The number of aliphatic hydroxyl groups excluding tert-OH is 1. The second-order valence-corrected chi connectivity index (χ2v) is 27.8. The third kappa shape index (κ3) is 26.2. The summed E-state index contributed by atoms with van der Waals surface area (Å²) >= 11 is 0. The number of aldehydes is 1. The monoisotopic (exact) mass is 1210 g/mol. The molecule has 2 N–H and O–H groups in total. The minimum atomic E-state index is -2.53. The van der Waals surface area contributed by atoms with Gasteiger partial charge in [0.25, 0.3) is 12.9 Å². The van der Waals surface area contributed by atoms with Gasteiger partial charge in [0.05, 0.1) is 32.3 Å². The molecule has 4 aromatic carbocycles. The summed E-state index contributed by atoms with van der Waals surface area (Å²) < 4.78 is 68.6. The molecule has 0 aliphatic carbocycles. The Balaban J connectivity index is 0.000000575. The van der Waals surface area contributed by atoms with Gasteiger partial charge >= 0.3 is 23.9 Å². The van der Waals surface area contributed by atoms with Crippen LogP contribution in [-0.4, -0.2) is 57.2 Å². The van der Waals surface area contributed by atoms with E-state index in [4.69, 9.17) is 19.3 Å². The van der Waals surface area contributed by atoms with Crippen molar-refractivity contribution in [3.8, 4) is 0 Å². The Kier molecular flexibility index (Phi) is 30.9. The van der Waals surface area contributed by atoms with Crippen LogP contribution >= 0.6 is 0 Å². The summed E-state index contributed by atoms with van der Waals surface area (Å²) in [5.74, 6) is -0.459. The Morgan fingerprint density at radius 2 is 0.605 bits per heavy atom. The van der Waals surface area contributed by atoms with Gasteiger partial charge in [-0.05, 0) is 218 Å². The van der Waals surface area contributed by atoms with E-state index in [0.29, 0.717) is 34.1 Å². The Bertz CT molecular complexity index is 2750. The van der Waals surface area contributed by atoms with Gasteiger partial charge in [-0.2, -0.15) is 0 Å². The zero-order valence-electron chi connectivity index (χ0n) is 56.7. The molecule has 0 saturated carbocycles. The van der Waals surface area contributed by atoms with Crippen LogP contribution in [0.15, 0.2) is 48.5 Å². The van der Waals surface area contributed by atoms with Gasteiger partial charge in [-0.15, -0.1) is 0 Å². The summed E-state index contributed by atoms with van der Waals surface area (Å²) in [5.41, 5.74) is 11.0. The van der Waals surface area contributed by atoms with Gasteiger partial charge < -0.3 is 24.4 Å². The molecule has 0 aromatic heterocycles. The Labute approximate surface area is 514 Å². The number of carbonyl (C=O) groups is 5. The van der Waals surface area contributed by atoms with Crippen LogP contribution in [0.2, 0.25) is 0 Å². The Hall–Kier alpha value is -5.89. The van der Waals surface area contributed by atoms with E-state index in [1.165, 1.54) is 24.3 Å². The number of alkyl halides is 4. The van der Waals surface area contributed by atoms with Gasteiger partial charge in [0.2, 0.25) is 0 Å². The van der Waals surface area contributed by atoms with Crippen LogP contribution in [0.5, 0.6) is 0 Å². The van der Waals surface area contributed by atoms with Gasteiger partial charge in [-0.1, -0.05) is 123 Å². The quantitative estimate of drug-likeness (QED) is 0.0378. The molecular weight excluding hydrogens is 1100 g/mol. The lowest BCUT2D eigenvalue weighted by Crippen LogP contribution is -2.25. The van der Waals surface area contributed by atoms with Crippen LogP contribution < -0.4 is 0 Å². The number of carboxylic acid groups (broad SMARTS) is 1. The lowest BCUT2D eigenvalue weighted by atomic mass is 9.85. The van der Waals surface area contributed by atoms with E-state index in [-0.39, 0.29) is 96.8 Å². The molecule has 0 radical (unpaired) electrons.